The van der Waals surface area contributed by atoms with Crippen molar-refractivity contribution < 1.29 is 4.74 Å². The van der Waals surface area contributed by atoms with Crippen LogP contribution in [0.15, 0.2) is 30.3 Å². The van der Waals surface area contributed by atoms with Gasteiger partial charge >= 0.3 is 0 Å². The standard InChI is InChI=1S/C17H22O/c1-2-4-13(5-3-1)12-18-17-9-14-6-15(10-17)8-16(7-14)11-17/h1-5,14-16H,6-12H2. The molecule has 18 heavy (non-hydrogen) atoms. The average molecular weight is 242 g/mol. The minimum atomic E-state index is 0.255. The summed E-state index contributed by atoms with van der Waals surface area (Å²) in [6.07, 6.45) is 8.50. The second-order valence-electron chi connectivity index (χ2n) is 6.87. The van der Waals surface area contributed by atoms with Gasteiger partial charge in [0.25, 0.3) is 0 Å². The van der Waals surface area contributed by atoms with Gasteiger partial charge in [0.2, 0.25) is 0 Å². The highest BCUT2D eigenvalue weighted by atomic mass is 16.5. The Hall–Kier alpha value is -0.820. The Labute approximate surface area is 110 Å². The highest BCUT2D eigenvalue weighted by Gasteiger charge is 2.51. The van der Waals surface area contributed by atoms with Gasteiger partial charge in [-0.25, -0.2) is 0 Å². The van der Waals surface area contributed by atoms with E-state index in [1.807, 2.05) is 0 Å². The van der Waals surface area contributed by atoms with Crippen LogP contribution >= 0.6 is 0 Å². The van der Waals surface area contributed by atoms with Gasteiger partial charge in [-0.3, -0.25) is 0 Å². The molecule has 1 heteroatoms. The molecular formula is C17H22O. The first-order valence-electron chi connectivity index (χ1n) is 7.49. The summed E-state index contributed by atoms with van der Waals surface area (Å²) in [5.41, 5.74) is 1.58. The first-order chi connectivity index (χ1) is 8.81. The molecule has 0 atom stereocenters. The van der Waals surface area contributed by atoms with E-state index in [0.717, 1.165) is 24.4 Å². The normalized spacial score (nSPS) is 41.2. The maximum atomic E-state index is 6.43. The maximum Gasteiger partial charge on any atom is 0.0724 e. The van der Waals surface area contributed by atoms with Crippen LogP contribution in [0.2, 0.25) is 0 Å². The topological polar surface area (TPSA) is 9.23 Å². The maximum absolute atomic E-state index is 6.43. The summed E-state index contributed by atoms with van der Waals surface area (Å²) in [7, 11) is 0. The number of rotatable bonds is 3. The van der Waals surface area contributed by atoms with Gasteiger partial charge in [-0.2, -0.15) is 0 Å². The molecule has 0 unspecified atom stereocenters. The van der Waals surface area contributed by atoms with E-state index >= 15 is 0 Å². The largest absolute Gasteiger partial charge is 0.370 e. The van der Waals surface area contributed by atoms with Gasteiger partial charge in [0.15, 0.2) is 0 Å². The van der Waals surface area contributed by atoms with Gasteiger partial charge in [-0.15, -0.1) is 0 Å². The highest BCUT2D eigenvalue weighted by molar-refractivity contribution is 5.14. The van der Waals surface area contributed by atoms with Crippen molar-refractivity contribution in [2.45, 2.75) is 50.7 Å². The van der Waals surface area contributed by atoms with Crippen LogP contribution in [0.5, 0.6) is 0 Å². The molecule has 4 saturated carbocycles. The van der Waals surface area contributed by atoms with Crippen LogP contribution in [0.25, 0.3) is 0 Å². The monoisotopic (exact) mass is 242 g/mol. The summed E-state index contributed by atoms with van der Waals surface area (Å²) >= 11 is 0. The Kier molecular flexibility index (Phi) is 2.51. The SMILES string of the molecule is c1ccc(COC23CC4CC(CC(C4)C2)C3)cc1. The number of ether oxygens (including phenoxy) is 1. The molecule has 0 saturated heterocycles. The van der Waals surface area contributed by atoms with Crippen molar-refractivity contribution in [1.82, 2.24) is 0 Å². The molecule has 96 valence electrons. The summed E-state index contributed by atoms with van der Waals surface area (Å²) in [6.45, 7) is 0.813. The number of benzene rings is 1. The second kappa shape index (κ2) is 4.09. The van der Waals surface area contributed by atoms with Crippen LogP contribution in [0.1, 0.15) is 44.1 Å². The van der Waals surface area contributed by atoms with E-state index in [2.05, 4.69) is 30.3 Å². The van der Waals surface area contributed by atoms with Crippen molar-refractivity contribution in [3.05, 3.63) is 35.9 Å². The Morgan fingerprint density at radius 2 is 1.44 bits per heavy atom. The van der Waals surface area contributed by atoms with Gasteiger partial charge < -0.3 is 4.74 Å². The lowest BCUT2D eigenvalue weighted by molar-refractivity contribution is -0.168. The Balaban J connectivity index is 1.48. The summed E-state index contributed by atoms with van der Waals surface area (Å²) < 4.78 is 6.43. The van der Waals surface area contributed by atoms with Gasteiger partial charge in [-0.05, 0) is 61.8 Å². The zero-order valence-electron chi connectivity index (χ0n) is 11.0. The van der Waals surface area contributed by atoms with Crippen LogP contribution in [0, 0.1) is 17.8 Å². The second-order valence-corrected chi connectivity index (χ2v) is 6.87. The molecule has 0 aromatic heterocycles. The third-order valence-electron chi connectivity index (χ3n) is 5.37. The lowest BCUT2D eigenvalue weighted by atomic mass is 9.54. The molecule has 0 aliphatic heterocycles. The predicted molar refractivity (Wildman–Crippen MR) is 72.1 cm³/mol. The third kappa shape index (κ3) is 1.89. The first-order valence-corrected chi connectivity index (χ1v) is 7.49. The fourth-order valence-corrected chi connectivity index (χ4v) is 5.02. The van der Waals surface area contributed by atoms with Gasteiger partial charge in [-0.1, -0.05) is 30.3 Å². The molecule has 4 aliphatic carbocycles. The molecule has 4 bridgehead atoms. The quantitative estimate of drug-likeness (QED) is 0.773. The number of hydrogen-bond donors (Lipinski definition) is 0. The zero-order chi connectivity index (χ0) is 12.0. The van der Waals surface area contributed by atoms with Crippen molar-refractivity contribution >= 4 is 0 Å². The van der Waals surface area contributed by atoms with E-state index in [1.54, 1.807) is 0 Å². The van der Waals surface area contributed by atoms with Gasteiger partial charge in [0.1, 0.15) is 0 Å². The molecule has 1 aromatic rings. The van der Waals surface area contributed by atoms with E-state index in [4.69, 9.17) is 4.74 Å². The summed E-state index contributed by atoms with van der Waals surface area (Å²) in [4.78, 5) is 0. The van der Waals surface area contributed by atoms with Crippen molar-refractivity contribution in [3.8, 4) is 0 Å². The van der Waals surface area contributed by atoms with E-state index in [-0.39, 0.29) is 5.60 Å². The molecule has 4 fully saturated rings. The van der Waals surface area contributed by atoms with Crippen molar-refractivity contribution in [3.63, 3.8) is 0 Å². The van der Waals surface area contributed by atoms with Gasteiger partial charge in [0, 0.05) is 0 Å². The smallest absolute Gasteiger partial charge is 0.0724 e. The fraction of sp³-hybridized carbons (Fsp3) is 0.647. The summed E-state index contributed by atoms with van der Waals surface area (Å²) in [5.74, 6) is 2.94. The summed E-state index contributed by atoms with van der Waals surface area (Å²) in [5, 5.41) is 0. The predicted octanol–water partition coefficient (Wildman–Crippen LogP) is 4.17. The Morgan fingerprint density at radius 1 is 0.889 bits per heavy atom. The average Bonchev–Trinajstić information content (AvgIpc) is 2.36. The van der Waals surface area contributed by atoms with Gasteiger partial charge in [0.05, 0.1) is 12.2 Å². The van der Waals surface area contributed by atoms with Crippen LogP contribution in [-0.2, 0) is 11.3 Å². The van der Waals surface area contributed by atoms with Crippen molar-refractivity contribution in [2.24, 2.45) is 17.8 Å². The molecule has 1 nitrogen and oxygen atoms in total. The molecule has 0 amide bonds. The lowest BCUT2D eigenvalue weighted by Gasteiger charge is -2.56. The molecule has 1 aromatic carbocycles. The molecule has 0 radical (unpaired) electrons. The molecule has 4 aliphatic rings. The van der Waals surface area contributed by atoms with E-state index in [1.165, 1.54) is 44.1 Å². The van der Waals surface area contributed by atoms with Crippen molar-refractivity contribution in [2.75, 3.05) is 0 Å². The molecule has 0 heterocycles. The van der Waals surface area contributed by atoms with Crippen LogP contribution in [0.4, 0.5) is 0 Å². The fourth-order valence-electron chi connectivity index (χ4n) is 5.02. The van der Waals surface area contributed by atoms with E-state index in [9.17, 15) is 0 Å². The summed E-state index contributed by atoms with van der Waals surface area (Å²) in [6, 6.07) is 10.7. The Bertz CT molecular complexity index is 387. The van der Waals surface area contributed by atoms with Crippen LogP contribution in [0.3, 0.4) is 0 Å². The minimum Gasteiger partial charge on any atom is -0.370 e. The third-order valence-corrected chi connectivity index (χ3v) is 5.37. The molecule has 5 rings (SSSR count). The van der Waals surface area contributed by atoms with Crippen LogP contribution in [-0.4, -0.2) is 5.60 Å². The first kappa shape index (κ1) is 11.0. The lowest BCUT2D eigenvalue weighted by Crippen LogP contribution is -2.51. The van der Waals surface area contributed by atoms with Crippen LogP contribution < -0.4 is 0 Å². The highest BCUT2D eigenvalue weighted by Crippen LogP contribution is 2.57. The Morgan fingerprint density at radius 3 is 2.00 bits per heavy atom. The zero-order valence-corrected chi connectivity index (χ0v) is 11.0. The van der Waals surface area contributed by atoms with Crippen molar-refractivity contribution in [1.29, 1.82) is 0 Å². The molecule has 0 spiro atoms. The minimum absolute atomic E-state index is 0.255. The van der Waals surface area contributed by atoms with E-state index < -0.39 is 0 Å². The molecule has 0 N–H and O–H groups in total. The molecular weight excluding hydrogens is 220 g/mol. The van der Waals surface area contributed by atoms with E-state index in [0.29, 0.717) is 0 Å². The number of hydrogen-bond acceptors (Lipinski definition) is 1.